The Morgan fingerprint density at radius 3 is 2.59 bits per heavy atom. The number of rotatable bonds is 7. The van der Waals surface area contributed by atoms with E-state index in [0.29, 0.717) is 11.0 Å². The number of hydrogen-bond acceptors (Lipinski definition) is 7. The molecular weight excluding hydrogens is 469 g/mol. The quantitative estimate of drug-likeness (QED) is 0.633. The van der Waals surface area contributed by atoms with E-state index in [1.165, 1.54) is 23.5 Å². The van der Waals surface area contributed by atoms with Gasteiger partial charge in [0.2, 0.25) is 21.1 Å². The first-order valence-electron chi connectivity index (χ1n) is 9.93. The van der Waals surface area contributed by atoms with Crippen molar-refractivity contribution in [3.05, 3.63) is 29.3 Å². The number of carbonyl (C=O) groups excluding carboxylic acids is 1. The second-order valence-electron chi connectivity index (χ2n) is 7.79. The highest BCUT2D eigenvalue weighted by Crippen LogP contribution is 2.29. The summed E-state index contributed by atoms with van der Waals surface area (Å²) in [5.41, 5.74) is 0. The summed E-state index contributed by atoms with van der Waals surface area (Å²) < 4.78 is 67.9. The molecule has 1 aliphatic rings. The van der Waals surface area contributed by atoms with Gasteiger partial charge in [-0.1, -0.05) is 31.3 Å². The highest BCUT2D eigenvalue weighted by molar-refractivity contribution is 7.89. The number of alkyl halides is 3. The molecule has 1 aliphatic heterocycles. The van der Waals surface area contributed by atoms with E-state index in [1.54, 1.807) is 0 Å². The first-order chi connectivity index (χ1) is 14.9. The minimum atomic E-state index is -4.92. The van der Waals surface area contributed by atoms with Crippen LogP contribution in [-0.2, 0) is 21.2 Å². The molecule has 0 aliphatic carbocycles. The molecule has 0 bridgehead atoms. The van der Waals surface area contributed by atoms with Gasteiger partial charge < -0.3 is 10.1 Å². The molecule has 2 aromatic rings. The summed E-state index contributed by atoms with van der Waals surface area (Å²) in [5, 5.41) is 12.0. The van der Waals surface area contributed by atoms with Crippen LogP contribution in [0.4, 0.5) is 18.3 Å². The standard InChI is InChI=1S/C19H23F3N4O4S2/c1-12(2)10-16-24-25-18(31-16)23-17(27)13-6-8-26(9-7-13)32(28,29)15-5-3-4-14(11-15)30-19(20,21)22/h3-5,11-13H,6-10H2,1-2H3,(H,23,25,27). The number of aromatic nitrogens is 2. The Morgan fingerprint density at radius 1 is 1.28 bits per heavy atom. The average Bonchev–Trinajstić information content (AvgIpc) is 3.13. The van der Waals surface area contributed by atoms with Crippen LogP contribution < -0.4 is 10.1 Å². The van der Waals surface area contributed by atoms with Crippen LogP contribution in [0.3, 0.4) is 0 Å². The summed E-state index contributed by atoms with van der Waals surface area (Å²) >= 11 is 1.31. The average molecular weight is 493 g/mol. The van der Waals surface area contributed by atoms with Gasteiger partial charge >= 0.3 is 6.36 Å². The van der Waals surface area contributed by atoms with Crippen molar-refractivity contribution in [3.63, 3.8) is 0 Å². The van der Waals surface area contributed by atoms with Gasteiger partial charge in [-0.15, -0.1) is 23.4 Å². The van der Waals surface area contributed by atoms with Crippen LogP contribution in [0.1, 0.15) is 31.7 Å². The fourth-order valence-corrected chi connectivity index (χ4v) is 5.74. The second kappa shape index (κ2) is 9.71. The predicted octanol–water partition coefficient (Wildman–Crippen LogP) is 3.67. The van der Waals surface area contributed by atoms with Gasteiger partial charge in [-0.25, -0.2) is 8.42 Å². The number of piperidine rings is 1. The Bertz CT molecular complexity index is 1050. The molecule has 0 radical (unpaired) electrons. The zero-order valence-corrected chi connectivity index (χ0v) is 19.1. The number of carbonyl (C=O) groups is 1. The van der Waals surface area contributed by atoms with Gasteiger partial charge in [0.15, 0.2) is 0 Å². The largest absolute Gasteiger partial charge is 0.573 e. The molecule has 1 fully saturated rings. The van der Waals surface area contributed by atoms with Gasteiger partial charge in [-0.3, -0.25) is 4.79 Å². The van der Waals surface area contributed by atoms with Crippen LogP contribution in [-0.4, -0.2) is 48.3 Å². The van der Waals surface area contributed by atoms with Crippen molar-refractivity contribution in [1.82, 2.24) is 14.5 Å². The molecule has 0 atom stereocenters. The number of anilines is 1. The number of amides is 1. The van der Waals surface area contributed by atoms with Crippen molar-refractivity contribution < 1.29 is 31.1 Å². The number of hydrogen-bond donors (Lipinski definition) is 1. The van der Waals surface area contributed by atoms with E-state index in [1.807, 2.05) is 0 Å². The van der Waals surface area contributed by atoms with E-state index in [4.69, 9.17) is 0 Å². The lowest BCUT2D eigenvalue weighted by molar-refractivity contribution is -0.274. The molecular formula is C19H23F3N4O4S2. The van der Waals surface area contributed by atoms with Crippen molar-refractivity contribution in [2.45, 2.75) is 44.4 Å². The molecule has 3 rings (SSSR count). The van der Waals surface area contributed by atoms with E-state index in [-0.39, 0.29) is 36.7 Å². The molecule has 1 N–H and O–H groups in total. The van der Waals surface area contributed by atoms with Crippen LogP contribution in [0.15, 0.2) is 29.2 Å². The summed E-state index contributed by atoms with van der Waals surface area (Å²) in [6, 6.07) is 4.26. The molecule has 1 aromatic heterocycles. The van der Waals surface area contributed by atoms with Crippen molar-refractivity contribution in [3.8, 4) is 5.75 Å². The third-order valence-corrected chi connectivity index (χ3v) is 7.54. The monoisotopic (exact) mass is 492 g/mol. The summed E-state index contributed by atoms with van der Waals surface area (Å²) in [7, 11) is -4.02. The van der Waals surface area contributed by atoms with Crippen LogP contribution in [0, 0.1) is 11.8 Å². The molecule has 8 nitrogen and oxygen atoms in total. The van der Waals surface area contributed by atoms with Crippen LogP contribution in [0.25, 0.3) is 0 Å². The maximum Gasteiger partial charge on any atom is 0.573 e. The zero-order valence-electron chi connectivity index (χ0n) is 17.4. The molecule has 1 amide bonds. The van der Waals surface area contributed by atoms with Gasteiger partial charge in [0.1, 0.15) is 10.8 Å². The first-order valence-corrected chi connectivity index (χ1v) is 12.2. The number of benzene rings is 1. The summed E-state index contributed by atoms with van der Waals surface area (Å²) in [6.07, 6.45) is -3.60. The molecule has 2 heterocycles. The van der Waals surface area contributed by atoms with E-state index >= 15 is 0 Å². The molecule has 1 aromatic carbocycles. The van der Waals surface area contributed by atoms with Gasteiger partial charge in [0, 0.05) is 31.5 Å². The summed E-state index contributed by atoms with van der Waals surface area (Å²) in [4.78, 5) is 12.2. The number of nitrogens with one attached hydrogen (secondary N) is 1. The first kappa shape index (κ1) is 24.4. The third kappa shape index (κ3) is 6.39. The molecule has 0 spiro atoms. The zero-order chi connectivity index (χ0) is 23.5. The van der Waals surface area contributed by atoms with Gasteiger partial charge in [0.25, 0.3) is 0 Å². The number of sulfonamides is 1. The number of halogens is 3. The van der Waals surface area contributed by atoms with E-state index in [9.17, 15) is 26.4 Å². The van der Waals surface area contributed by atoms with E-state index in [2.05, 4.69) is 34.1 Å². The van der Waals surface area contributed by atoms with Gasteiger partial charge in [-0.05, 0) is 30.9 Å². The Morgan fingerprint density at radius 2 is 1.97 bits per heavy atom. The summed E-state index contributed by atoms with van der Waals surface area (Å²) in [6.45, 7) is 4.25. The summed E-state index contributed by atoms with van der Waals surface area (Å²) in [5.74, 6) is -0.853. The van der Waals surface area contributed by atoms with Crippen molar-refractivity contribution >= 4 is 32.4 Å². The Kier molecular flexibility index (Phi) is 7.40. The Labute approximate surface area is 187 Å². The predicted molar refractivity (Wildman–Crippen MR) is 112 cm³/mol. The van der Waals surface area contributed by atoms with Crippen LogP contribution in [0.2, 0.25) is 0 Å². The Balaban J connectivity index is 1.59. The second-order valence-corrected chi connectivity index (χ2v) is 10.8. The highest BCUT2D eigenvalue weighted by Gasteiger charge is 2.34. The molecule has 0 saturated carbocycles. The van der Waals surface area contributed by atoms with Crippen LogP contribution >= 0.6 is 11.3 Å². The van der Waals surface area contributed by atoms with Crippen molar-refractivity contribution in [2.24, 2.45) is 11.8 Å². The van der Waals surface area contributed by atoms with E-state index in [0.717, 1.165) is 27.9 Å². The molecule has 32 heavy (non-hydrogen) atoms. The number of ether oxygens (including phenoxy) is 1. The Hall–Kier alpha value is -2.25. The lowest BCUT2D eigenvalue weighted by atomic mass is 9.97. The van der Waals surface area contributed by atoms with Crippen LogP contribution in [0.5, 0.6) is 5.75 Å². The van der Waals surface area contributed by atoms with Crippen molar-refractivity contribution in [2.75, 3.05) is 18.4 Å². The molecule has 176 valence electrons. The third-order valence-electron chi connectivity index (χ3n) is 4.78. The SMILES string of the molecule is CC(C)Cc1nnc(NC(=O)C2CCN(S(=O)(=O)c3cccc(OC(F)(F)F)c3)CC2)s1. The number of nitrogens with zero attached hydrogens (tertiary/aromatic N) is 3. The minimum Gasteiger partial charge on any atom is -0.406 e. The minimum absolute atomic E-state index is 0.0689. The maximum absolute atomic E-state index is 12.8. The molecule has 0 unspecified atom stereocenters. The van der Waals surface area contributed by atoms with E-state index < -0.39 is 28.1 Å². The lowest BCUT2D eigenvalue weighted by Gasteiger charge is -2.30. The normalized spacial score (nSPS) is 16.3. The molecule has 1 saturated heterocycles. The maximum atomic E-state index is 12.8. The highest BCUT2D eigenvalue weighted by atomic mass is 32.2. The fourth-order valence-electron chi connectivity index (χ4n) is 3.28. The van der Waals surface area contributed by atoms with Crippen molar-refractivity contribution in [1.29, 1.82) is 0 Å². The smallest absolute Gasteiger partial charge is 0.406 e. The van der Waals surface area contributed by atoms with Gasteiger partial charge in [-0.2, -0.15) is 4.31 Å². The van der Waals surface area contributed by atoms with Gasteiger partial charge in [0.05, 0.1) is 4.90 Å². The molecule has 13 heteroatoms. The lowest BCUT2D eigenvalue weighted by Crippen LogP contribution is -2.41. The fraction of sp³-hybridized carbons (Fsp3) is 0.526. The topological polar surface area (TPSA) is 101 Å².